The molecule has 0 fully saturated rings. The van der Waals surface area contributed by atoms with Crippen molar-refractivity contribution in [2.24, 2.45) is 0 Å². The maximum atomic E-state index is 2.49. The molecule has 1 heterocycles. The van der Waals surface area contributed by atoms with Gasteiger partial charge < -0.3 is 4.90 Å². The van der Waals surface area contributed by atoms with Crippen molar-refractivity contribution in [3.63, 3.8) is 0 Å². The highest BCUT2D eigenvalue weighted by Gasteiger charge is 2.48. The van der Waals surface area contributed by atoms with Crippen LogP contribution in [0.15, 0.2) is 249 Å². The minimum absolute atomic E-state index is 0.514. The zero-order chi connectivity index (χ0) is 42.2. The lowest BCUT2D eigenvalue weighted by atomic mass is 9.67. The number of nitrogens with zero attached hydrogens (tertiary/aromatic N) is 1. The second-order valence-corrected chi connectivity index (χ2v) is 18.2. The summed E-state index contributed by atoms with van der Waals surface area (Å²) < 4.78 is 2.62. The highest BCUT2D eigenvalue weighted by atomic mass is 32.1. The number of hydrogen-bond acceptors (Lipinski definition) is 2. The lowest BCUT2D eigenvalue weighted by molar-refractivity contribution is 0.768. The predicted octanol–water partition coefficient (Wildman–Crippen LogP) is 16.3. The van der Waals surface area contributed by atoms with Gasteiger partial charge in [0.15, 0.2) is 0 Å². The fourth-order valence-electron chi connectivity index (χ4n) is 11.4. The molecule has 0 saturated carbocycles. The van der Waals surface area contributed by atoms with Crippen LogP contribution in [-0.4, -0.2) is 0 Å². The average Bonchev–Trinajstić information content (AvgIpc) is 3.99. The zero-order valence-electron chi connectivity index (χ0n) is 35.0. The number of para-hydroxylation sites is 1. The molecule has 10 aromatic carbocycles. The molecule has 300 valence electrons. The van der Waals surface area contributed by atoms with Gasteiger partial charge in [0.25, 0.3) is 0 Å². The van der Waals surface area contributed by atoms with Gasteiger partial charge in [-0.25, -0.2) is 0 Å². The fourth-order valence-corrected chi connectivity index (χ4v) is 12.6. The van der Waals surface area contributed by atoms with E-state index in [0.29, 0.717) is 0 Å². The van der Waals surface area contributed by atoms with Gasteiger partial charge in [-0.3, -0.25) is 0 Å². The first-order valence-corrected chi connectivity index (χ1v) is 23.0. The Morgan fingerprint density at radius 3 is 1.23 bits per heavy atom. The molecule has 0 radical (unpaired) electrons. The van der Waals surface area contributed by atoms with E-state index in [1.807, 2.05) is 11.3 Å². The topological polar surface area (TPSA) is 3.24 Å². The van der Waals surface area contributed by atoms with Crippen molar-refractivity contribution in [3.8, 4) is 22.3 Å². The van der Waals surface area contributed by atoms with Crippen LogP contribution < -0.4 is 4.90 Å². The summed E-state index contributed by atoms with van der Waals surface area (Å²) in [5, 5.41) is 2.63. The second-order valence-electron chi connectivity index (χ2n) is 17.1. The van der Waals surface area contributed by atoms with Crippen molar-refractivity contribution >= 4 is 48.6 Å². The van der Waals surface area contributed by atoms with E-state index in [-0.39, 0.29) is 0 Å². The van der Waals surface area contributed by atoms with Crippen molar-refractivity contribution in [2.45, 2.75) is 10.8 Å². The molecule has 0 amide bonds. The van der Waals surface area contributed by atoms with E-state index < -0.39 is 10.8 Å². The highest BCUT2D eigenvalue weighted by molar-refractivity contribution is 7.25. The second kappa shape index (κ2) is 14.4. The summed E-state index contributed by atoms with van der Waals surface area (Å²) in [5.74, 6) is 0. The molecular weight excluding hydrogens is 791 g/mol. The van der Waals surface area contributed by atoms with Gasteiger partial charge in [-0.2, -0.15) is 0 Å². The van der Waals surface area contributed by atoms with Crippen LogP contribution in [0.25, 0.3) is 42.4 Å². The van der Waals surface area contributed by atoms with Gasteiger partial charge in [-0.05, 0) is 115 Å². The van der Waals surface area contributed by atoms with E-state index in [1.165, 1.54) is 86.9 Å². The van der Waals surface area contributed by atoms with E-state index in [9.17, 15) is 0 Å². The number of anilines is 3. The van der Waals surface area contributed by atoms with Crippen LogP contribution in [0.2, 0.25) is 0 Å². The first-order chi connectivity index (χ1) is 31.7. The molecule has 2 heteroatoms. The molecule has 13 rings (SSSR count). The lowest BCUT2D eigenvalue weighted by Gasteiger charge is -2.36. The smallest absolute Gasteiger partial charge is 0.0714 e. The summed E-state index contributed by atoms with van der Waals surface area (Å²) >= 11 is 1.89. The molecule has 0 aliphatic heterocycles. The van der Waals surface area contributed by atoms with Gasteiger partial charge >= 0.3 is 0 Å². The van der Waals surface area contributed by atoms with Crippen LogP contribution in [0.4, 0.5) is 17.1 Å². The van der Waals surface area contributed by atoms with Gasteiger partial charge in [0.05, 0.1) is 10.8 Å². The Balaban J connectivity index is 1.07. The Hall–Kier alpha value is -7.78. The third-order valence-electron chi connectivity index (χ3n) is 14.0. The quantitative estimate of drug-likeness (QED) is 0.155. The summed E-state index contributed by atoms with van der Waals surface area (Å²) in [6, 6.07) is 92.8. The Morgan fingerprint density at radius 1 is 0.266 bits per heavy atom. The summed E-state index contributed by atoms with van der Waals surface area (Å²) in [7, 11) is 0. The Kier molecular flexibility index (Phi) is 8.28. The zero-order valence-corrected chi connectivity index (χ0v) is 35.8. The maximum Gasteiger partial charge on any atom is 0.0714 e. The van der Waals surface area contributed by atoms with E-state index >= 15 is 0 Å². The Morgan fingerprint density at radius 2 is 0.688 bits per heavy atom. The minimum Gasteiger partial charge on any atom is -0.310 e. The number of hydrogen-bond donors (Lipinski definition) is 0. The molecule has 2 aliphatic carbocycles. The Bertz CT molecular complexity index is 3520. The molecule has 11 aromatic rings. The summed E-state index contributed by atoms with van der Waals surface area (Å²) in [5.41, 5.74) is 17.6. The largest absolute Gasteiger partial charge is 0.310 e. The predicted molar refractivity (Wildman–Crippen MR) is 269 cm³/mol. The maximum absolute atomic E-state index is 2.49. The molecule has 1 nitrogen and oxygen atoms in total. The lowest BCUT2D eigenvalue weighted by Crippen LogP contribution is -2.29. The van der Waals surface area contributed by atoms with Crippen LogP contribution >= 0.6 is 11.3 Å². The van der Waals surface area contributed by atoms with Gasteiger partial charge in [0.1, 0.15) is 0 Å². The molecule has 64 heavy (non-hydrogen) atoms. The average molecular weight is 832 g/mol. The Labute approximate surface area is 377 Å². The van der Waals surface area contributed by atoms with Gasteiger partial charge in [-0.1, -0.05) is 200 Å². The van der Waals surface area contributed by atoms with Gasteiger partial charge in [0.2, 0.25) is 0 Å². The van der Waals surface area contributed by atoms with Gasteiger partial charge in [-0.15, -0.1) is 11.3 Å². The monoisotopic (exact) mass is 831 g/mol. The molecule has 0 N–H and O–H groups in total. The molecular formula is C62H41NS. The van der Waals surface area contributed by atoms with E-state index in [4.69, 9.17) is 0 Å². The fraction of sp³-hybridized carbons (Fsp3) is 0.0323. The van der Waals surface area contributed by atoms with E-state index in [2.05, 4.69) is 254 Å². The summed E-state index contributed by atoms with van der Waals surface area (Å²) in [6.07, 6.45) is 0. The van der Waals surface area contributed by atoms with Gasteiger partial charge in [0, 0.05) is 37.2 Å². The molecule has 0 saturated heterocycles. The molecule has 2 aliphatic rings. The normalized spacial score (nSPS) is 15.4. The van der Waals surface area contributed by atoms with Crippen molar-refractivity contribution in [2.75, 3.05) is 4.90 Å². The van der Waals surface area contributed by atoms with E-state index in [0.717, 1.165) is 17.1 Å². The number of thiophene rings is 1. The van der Waals surface area contributed by atoms with Crippen LogP contribution in [-0.2, 0) is 10.8 Å². The third-order valence-corrected chi connectivity index (χ3v) is 15.2. The summed E-state index contributed by atoms with van der Waals surface area (Å²) in [6.45, 7) is 0. The first-order valence-electron chi connectivity index (χ1n) is 22.2. The summed E-state index contributed by atoms with van der Waals surface area (Å²) in [4.78, 5) is 2.47. The molecule has 1 aromatic heterocycles. The molecule has 0 bridgehead atoms. The van der Waals surface area contributed by atoms with Crippen molar-refractivity contribution in [3.05, 3.63) is 293 Å². The van der Waals surface area contributed by atoms with Crippen LogP contribution in [0.5, 0.6) is 0 Å². The number of fused-ring (bicyclic) bond motifs is 9. The van der Waals surface area contributed by atoms with Crippen LogP contribution in [0.1, 0.15) is 44.5 Å². The number of benzene rings is 10. The van der Waals surface area contributed by atoms with Crippen LogP contribution in [0.3, 0.4) is 0 Å². The van der Waals surface area contributed by atoms with Crippen molar-refractivity contribution < 1.29 is 0 Å². The number of rotatable bonds is 7. The SMILES string of the molecule is c1ccc(N(c2ccc3c(c2)C(c2ccccc2)(c2ccccc2)c2ccccc2-3)c2ccc3c(c2)C(c2ccccc2)(c2ccc4c(c2)sc2ccccc24)c2ccccc2-3)cc1. The molecule has 0 spiro atoms. The highest BCUT2D eigenvalue weighted by Crippen LogP contribution is 2.60. The van der Waals surface area contributed by atoms with Crippen LogP contribution in [0, 0.1) is 0 Å². The standard InChI is InChI=1S/C62H41NS/c1-5-19-42(20-6-1)61(43-21-7-2-8-22-43)55-30-16-13-27-49(55)51-37-34-47(40-57(51)61)63(46-25-11-4-12-26-46)48-35-38-52-50-28-14-17-31-56(50)62(58(52)41-48,44-23-9-3-10-24-44)45-33-36-54-53-29-15-18-32-59(53)64-60(54)39-45/h1-41H. The van der Waals surface area contributed by atoms with Crippen molar-refractivity contribution in [1.29, 1.82) is 0 Å². The molecule has 1 atom stereocenters. The third kappa shape index (κ3) is 5.18. The minimum atomic E-state index is -0.564. The first kappa shape index (κ1) is 36.8. The molecule has 1 unspecified atom stereocenters. The van der Waals surface area contributed by atoms with E-state index in [1.54, 1.807) is 0 Å². The van der Waals surface area contributed by atoms with Crippen molar-refractivity contribution in [1.82, 2.24) is 0 Å².